The first-order valence-electron chi connectivity index (χ1n) is 6.62. The van der Waals surface area contributed by atoms with Crippen molar-refractivity contribution in [1.29, 1.82) is 0 Å². The number of carbonyl (C=O) groups excluding carboxylic acids is 2. The molecule has 2 aromatic rings. The number of nitrogens with one attached hydrogen (secondary N) is 1. The SMILES string of the molecule is Cc1cnc(C(=O)O[C@@H](C)C(=O)Nc2cc(Cl)ccc2Cl)cn1. The van der Waals surface area contributed by atoms with Gasteiger partial charge in [-0.15, -0.1) is 0 Å². The van der Waals surface area contributed by atoms with Crippen LogP contribution in [0, 0.1) is 6.92 Å². The lowest BCUT2D eigenvalue weighted by Gasteiger charge is -2.14. The molecule has 0 fully saturated rings. The van der Waals surface area contributed by atoms with Gasteiger partial charge in [0.25, 0.3) is 5.91 Å². The van der Waals surface area contributed by atoms with Gasteiger partial charge in [0, 0.05) is 11.2 Å². The van der Waals surface area contributed by atoms with Crippen molar-refractivity contribution in [2.24, 2.45) is 0 Å². The second-order valence-corrected chi connectivity index (χ2v) is 5.55. The molecule has 0 spiro atoms. The molecular formula is C15H13Cl2N3O3. The number of anilines is 1. The summed E-state index contributed by atoms with van der Waals surface area (Å²) < 4.78 is 5.05. The lowest BCUT2D eigenvalue weighted by atomic mass is 10.3. The van der Waals surface area contributed by atoms with Crippen molar-refractivity contribution < 1.29 is 14.3 Å². The number of rotatable bonds is 4. The van der Waals surface area contributed by atoms with Gasteiger partial charge in [0.05, 0.1) is 22.6 Å². The van der Waals surface area contributed by atoms with Gasteiger partial charge in [-0.1, -0.05) is 23.2 Å². The molecule has 1 amide bonds. The highest BCUT2D eigenvalue weighted by Crippen LogP contribution is 2.25. The van der Waals surface area contributed by atoms with E-state index in [2.05, 4.69) is 15.3 Å². The first kappa shape index (κ1) is 17.2. The Morgan fingerprint density at radius 3 is 2.61 bits per heavy atom. The van der Waals surface area contributed by atoms with E-state index in [4.69, 9.17) is 27.9 Å². The van der Waals surface area contributed by atoms with Crippen LogP contribution >= 0.6 is 23.2 Å². The third-order valence-electron chi connectivity index (χ3n) is 2.83. The van der Waals surface area contributed by atoms with Crippen molar-refractivity contribution in [2.45, 2.75) is 20.0 Å². The van der Waals surface area contributed by atoms with Crippen molar-refractivity contribution in [3.63, 3.8) is 0 Å². The minimum Gasteiger partial charge on any atom is -0.448 e. The highest BCUT2D eigenvalue weighted by atomic mass is 35.5. The van der Waals surface area contributed by atoms with Crippen LogP contribution in [0.4, 0.5) is 5.69 Å². The maximum absolute atomic E-state index is 12.1. The lowest BCUT2D eigenvalue weighted by molar-refractivity contribution is -0.123. The fraction of sp³-hybridized carbons (Fsp3) is 0.200. The topological polar surface area (TPSA) is 81.2 Å². The van der Waals surface area contributed by atoms with Gasteiger partial charge in [-0.25, -0.2) is 9.78 Å². The molecule has 0 aliphatic heterocycles. The standard InChI is InChI=1S/C15H13Cl2N3O3/c1-8-6-19-13(7-18-8)15(22)23-9(2)14(21)20-12-5-10(16)3-4-11(12)17/h3-7,9H,1-2H3,(H,20,21)/t9-/m0/s1. The van der Waals surface area contributed by atoms with Crippen molar-refractivity contribution in [3.8, 4) is 0 Å². The second kappa shape index (κ2) is 7.39. The van der Waals surface area contributed by atoms with E-state index in [0.29, 0.717) is 21.4 Å². The minimum atomic E-state index is -1.04. The fourth-order valence-electron chi connectivity index (χ4n) is 1.60. The van der Waals surface area contributed by atoms with Crippen LogP contribution in [0.1, 0.15) is 23.1 Å². The number of hydrogen-bond acceptors (Lipinski definition) is 5. The number of esters is 1. The van der Waals surface area contributed by atoms with E-state index in [-0.39, 0.29) is 5.69 Å². The van der Waals surface area contributed by atoms with Crippen LogP contribution < -0.4 is 5.32 Å². The molecule has 0 aliphatic rings. The zero-order valence-electron chi connectivity index (χ0n) is 12.3. The van der Waals surface area contributed by atoms with E-state index < -0.39 is 18.0 Å². The summed E-state index contributed by atoms with van der Waals surface area (Å²) in [5.74, 6) is -1.28. The van der Waals surface area contributed by atoms with E-state index >= 15 is 0 Å². The molecule has 0 aliphatic carbocycles. The van der Waals surface area contributed by atoms with Crippen molar-refractivity contribution in [3.05, 3.63) is 52.0 Å². The molecule has 2 rings (SSSR count). The molecule has 8 heteroatoms. The Morgan fingerprint density at radius 1 is 1.22 bits per heavy atom. The normalized spacial score (nSPS) is 11.7. The Hall–Kier alpha value is -2.18. The molecular weight excluding hydrogens is 341 g/mol. The molecule has 1 heterocycles. The third kappa shape index (κ3) is 4.64. The number of amides is 1. The molecule has 1 N–H and O–H groups in total. The number of benzene rings is 1. The number of aromatic nitrogens is 2. The summed E-state index contributed by atoms with van der Waals surface area (Å²) in [5.41, 5.74) is 1.03. The molecule has 1 atom stereocenters. The molecule has 0 saturated heterocycles. The minimum absolute atomic E-state index is 0.0241. The number of halogens is 2. The number of nitrogens with zero attached hydrogens (tertiary/aromatic N) is 2. The van der Waals surface area contributed by atoms with Gasteiger partial charge < -0.3 is 10.1 Å². The Labute approximate surface area is 142 Å². The van der Waals surface area contributed by atoms with Gasteiger partial charge in [0.2, 0.25) is 0 Å². The summed E-state index contributed by atoms with van der Waals surface area (Å²) in [6.07, 6.45) is 1.68. The molecule has 0 unspecified atom stereocenters. The zero-order chi connectivity index (χ0) is 17.0. The van der Waals surface area contributed by atoms with Crippen LogP contribution in [0.15, 0.2) is 30.6 Å². The van der Waals surface area contributed by atoms with Gasteiger partial charge in [0.15, 0.2) is 11.8 Å². The van der Waals surface area contributed by atoms with Crippen LogP contribution in [0.2, 0.25) is 10.0 Å². The molecule has 120 valence electrons. The van der Waals surface area contributed by atoms with Crippen LogP contribution in [0.3, 0.4) is 0 Å². The summed E-state index contributed by atoms with van der Waals surface area (Å²) in [6, 6.07) is 4.65. The van der Waals surface area contributed by atoms with E-state index in [1.807, 2.05) is 0 Å². The Bertz CT molecular complexity index is 735. The highest BCUT2D eigenvalue weighted by Gasteiger charge is 2.20. The third-order valence-corrected chi connectivity index (χ3v) is 3.39. The molecule has 6 nitrogen and oxygen atoms in total. The number of hydrogen-bond donors (Lipinski definition) is 1. The smallest absolute Gasteiger partial charge is 0.359 e. The van der Waals surface area contributed by atoms with Crippen LogP contribution in [0.5, 0.6) is 0 Å². The van der Waals surface area contributed by atoms with Crippen molar-refractivity contribution >= 4 is 40.8 Å². The van der Waals surface area contributed by atoms with E-state index in [9.17, 15) is 9.59 Å². The second-order valence-electron chi connectivity index (χ2n) is 4.70. The van der Waals surface area contributed by atoms with Crippen molar-refractivity contribution in [1.82, 2.24) is 9.97 Å². The van der Waals surface area contributed by atoms with E-state index in [1.165, 1.54) is 25.4 Å². The zero-order valence-corrected chi connectivity index (χ0v) is 13.9. The van der Waals surface area contributed by atoms with Crippen molar-refractivity contribution in [2.75, 3.05) is 5.32 Å². The lowest BCUT2D eigenvalue weighted by Crippen LogP contribution is -2.30. The average molecular weight is 354 g/mol. The number of ether oxygens (including phenoxy) is 1. The molecule has 1 aromatic heterocycles. The fourth-order valence-corrected chi connectivity index (χ4v) is 1.94. The largest absolute Gasteiger partial charge is 0.448 e. The van der Waals surface area contributed by atoms with Gasteiger partial charge in [-0.2, -0.15) is 0 Å². The first-order chi connectivity index (χ1) is 10.9. The quantitative estimate of drug-likeness (QED) is 0.853. The van der Waals surface area contributed by atoms with Gasteiger partial charge in [-0.3, -0.25) is 9.78 Å². The molecule has 1 aromatic carbocycles. The number of aryl methyl sites for hydroxylation is 1. The predicted molar refractivity (Wildman–Crippen MR) is 86.7 cm³/mol. The maximum Gasteiger partial charge on any atom is 0.359 e. The van der Waals surface area contributed by atoms with E-state index in [1.54, 1.807) is 19.1 Å². The molecule has 0 bridgehead atoms. The predicted octanol–water partition coefficient (Wildman–Crippen LogP) is 3.28. The summed E-state index contributed by atoms with van der Waals surface area (Å²) in [4.78, 5) is 31.8. The van der Waals surface area contributed by atoms with Crippen LogP contribution in [-0.4, -0.2) is 27.9 Å². The molecule has 0 saturated carbocycles. The summed E-state index contributed by atoms with van der Waals surface area (Å²) in [7, 11) is 0. The monoisotopic (exact) mass is 353 g/mol. The van der Waals surface area contributed by atoms with Crippen LogP contribution in [0.25, 0.3) is 0 Å². The maximum atomic E-state index is 12.1. The summed E-state index contributed by atoms with van der Waals surface area (Å²) >= 11 is 11.8. The Morgan fingerprint density at radius 2 is 1.96 bits per heavy atom. The van der Waals surface area contributed by atoms with Gasteiger partial charge in [-0.05, 0) is 32.0 Å². The summed E-state index contributed by atoms with van der Waals surface area (Å²) in [6.45, 7) is 3.18. The Balaban J connectivity index is 2.01. The van der Waals surface area contributed by atoms with E-state index in [0.717, 1.165) is 0 Å². The first-order valence-corrected chi connectivity index (χ1v) is 7.38. The molecule has 0 radical (unpaired) electrons. The van der Waals surface area contributed by atoms with Gasteiger partial charge in [0.1, 0.15) is 0 Å². The number of carbonyl (C=O) groups is 2. The van der Waals surface area contributed by atoms with Crippen LogP contribution in [-0.2, 0) is 9.53 Å². The highest BCUT2D eigenvalue weighted by molar-refractivity contribution is 6.35. The van der Waals surface area contributed by atoms with Gasteiger partial charge >= 0.3 is 5.97 Å². The molecule has 23 heavy (non-hydrogen) atoms. The average Bonchev–Trinajstić information content (AvgIpc) is 2.51. The summed E-state index contributed by atoms with van der Waals surface area (Å²) in [5, 5.41) is 3.29. The Kier molecular flexibility index (Phi) is 5.52.